The quantitative estimate of drug-likeness (QED) is 0.300. The summed E-state index contributed by atoms with van der Waals surface area (Å²) in [5.74, 6) is -17.7. The molecule has 0 fully saturated rings. The molecule has 4 nitrogen and oxygen atoms in total. The minimum absolute atomic E-state index is 0.121. The molecular weight excluding hydrogens is 551 g/mol. The van der Waals surface area contributed by atoms with Crippen LogP contribution in [0, 0.1) is 46.5 Å². The van der Waals surface area contributed by atoms with Gasteiger partial charge in [-0.2, -0.15) is 0 Å². The Bertz CT molecular complexity index is 924. The molecule has 0 spiro atoms. The first-order valence-corrected chi connectivity index (χ1v) is 14.7. The van der Waals surface area contributed by atoms with Gasteiger partial charge in [-0.3, -0.25) is 0 Å². The van der Waals surface area contributed by atoms with E-state index < -0.39 is 97.7 Å². The zero-order valence-corrected chi connectivity index (χ0v) is 18.6. The van der Waals surface area contributed by atoms with Crippen LogP contribution in [0.5, 0.6) is 0 Å². The normalized spacial score (nSPS) is 11.4. The topological polar surface area (TPSA) is 52.6 Å². The summed E-state index contributed by atoms with van der Waals surface area (Å²) in [6, 6.07) is -0.241. The van der Waals surface area contributed by atoms with E-state index in [-0.39, 0.29) is 12.1 Å². The summed E-state index contributed by atoms with van der Waals surface area (Å²) in [5.41, 5.74) is -2.73. The van der Waals surface area contributed by atoms with Gasteiger partial charge in [-0.1, -0.05) is 0 Å². The van der Waals surface area contributed by atoms with Crippen LogP contribution < -0.4 is 0 Å². The first-order chi connectivity index (χ1) is 14.3. The van der Waals surface area contributed by atoms with E-state index in [2.05, 4.69) is 0 Å². The van der Waals surface area contributed by atoms with Crippen molar-refractivity contribution < 1.29 is 50.9 Å². The molecule has 0 heterocycles. The van der Waals surface area contributed by atoms with E-state index in [4.69, 9.17) is 6.15 Å². The van der Waals surface area contributed by atoms with Crippen molar-refractivity contribution in [2.45, 2.75) is 22.7 Å². The van der Waals surface area contributed by atoms with E-state index in [1.54, 1.807) is 0 Å². The van der Waals surface area contributed by atoms with Gasteiger partial charge in [0.2, 0.25) is 0 Å². The monoisotopic (exact) mass is 564 g/mol. The molecule has 0 saturated heterocycles. The standard InChI is InChI=1S/2C7H3F4.2C2H4O2.Sn/c2*1-3-6(10)4(8)2-5(9)7(3)11;2*1-2(3)4;/h2*2H,1H2;2*1H3,(H,3,4);/q;;;;+2/p-2. The van der Waals surface area contributed by atoms with E-state index in [1.165, 1.54) is 0 Å². The summed E-state index contributed by atoms with van der Waals surface area (Å²) in [7, 11) is 0. The van der Waals surface area contributed by atoms with Crippen LogP contribution in [0.15, 0.2) is 12.1 Å². The summed E-state index contributed by atoms with van der Waals surface area (Å²) in [6.45, 7) is 1.49. The molecule has 2 rings (SSSR count). The third kappa shape index (κ3) is 5.46. The summed E-state index contributed by atoms with van der Waals surface area (Å²) in [4.78, 5) is 23.2. The molecule has 0 aliphatic rings. The van der Waals surface area contributed by atoms with Gasteiger partial charge in [0.15, 0.2) is 0 Å². The predicted molar refractivity (Wildman–Crippen MR) is 89.2 cm³/mol. The van der Waals surface area contributed by atoms with Crippen molar-refractivity contribution >= 4 is 31.1 Å². The Morgan fingerprint density at radius 1 is 0.645 bits per heavy atom. The second-order valence-corrected chi connectivity index (χ2v) is 14.7. The third-order valence-corrected chi connectivity index (χ3v) is 12.8. The maximum atomic E-state index is 14.2. The first kappa shape index (κ1) is 24.9. The van der Waals surface area contributed by atoms with Crippen molar-refractivity contribution in [2.24, 2.45) is 0 Å². The summed E-state index contributed by atoms with van der Waals surface area (Å²) in [6.07, 6.45) is 0. The van der Waals surface area contributed by atoms with Crippen molar-refractivity contribution in [3.63, 3.8) is 0 Å². The van der Waals surface area contributed by atoms with Gasteiger partial charge in [-0.05, 0) is 0 Å². The molecule has 0 amide bonds. The van der Waals surface area contributed by atoms with E-state index >= 15 is 0 Å². The Hall–Kier alpha value is -2.38. The average Bonchev–Trinajstić information content (AvgIpc) is 2.64. The van der Waals surface area contributed by atoms with Crippen LogP contribution in [0.1, 0.15) is 25.0 Å². The van der Waals surface area contributed by atoms with Crippen molar-refractivity contribution in [3.8, 4) is 0 Å². The zero-order valence-electron chi connectivity index (χ0n) is 15.7. The van der Waals surface area contributed by atoms with Crippen molar-refractivity contribution in [1.82, 2.24) is 0 Å². The average molecular weight is 563 g/mol. The molecule has 0 atom stereocenters. The number of halogens is 8. The Balaban J connectivity index is 2.74. The third-order valence-electron chi connectivity index (χ3n) is 3.96. The van der Waals surface area contributed by atoms with E-state index in [0.717, 1.165) is 13.8 Å². The van der Waals surface area contributed by atoms with E-state index in [9.17, 15) is 44.7 Å². The van der Waals surface area contributed by atoms with E-state index in [1.807, 2.05) is 0 Å². The van der Waals surface area contributed by atoms with Crippen molar-refractivity contribution in [2.75, 3.05) is 0 Å². The van der Waals surface area contributed by atoms with Crippen LogP contribution in [0.4, 0.5) is 35.1 Å². The molecule has 168 valence electrons. The second kappa shape index (κ2) is 9.40. The number of benzene rings is 2. The van der Waals surface area contributed by atoms with Crippen LogP contribution in [0.25, 0.3) is 0 Å². The van der Waals surface area contributed by atoms with Gasteiger partial charge in [-0.25, -0.2) is 0 Å². The van der Waals surface area contributed by atoms with Crippen LogP contribution in [-0.2, 0) is 24.6 Å². The Morgan fingerprint density at radius 2 is 0.903 bits per heavy atom. The number of carbonyl (C=O) groups is 2. The molecule has 2 aromatic carbocycles. The second-order valence-electron chi connectivity index (χ2n) is 6.34. The van der Waals surface area contributed by atoms with Gasteiger partial charge in [0.05, 0.1) is 0 Å². The van der Waals surface area contributed by atoms with Gasteiger partial charge in [0.25, 0.3) is 0 Å². The molecule has 2 aromatic rings. The van der Waals surface area contributed by atoms with Crippen LogP contribution in [0.3, 0.4) is 0 Å². The summed E-state index contributed by atoms with van der Waals surface area (Å²) in [5, 5.41) is 0. The number of hydrogen-bond acceptors (Lipinski definition) is 4. The maximum absolute atomic E-state index is 14.2. The Labute approximate surface area is 174 Å². The van der Waals surface area contributed by atoms with Crippen molar-refractivity contribution in [3.05, 3.63) is 69.8 Å². The molecule has 13 heteroatoms. The molecule has 0 unspecified atom stereocenters. The molecule has 0 bridgehead atoms. The molecule has 0 aromatic heterocycles. The zero-order chi connectivity index (χ0) is 23.7. The van der Waals surface area contributed by atoms with Crippen LogP contribution in [0.2, 0.25) is 0 Å². The fraction of sp³-hybridized carbons (Fsp3) is 0.222. The van der Waals surface area contributed by atoms with E-state index in [0.29, 0.717) is 0 Å². The SMILES string of the molecule is CC(=O)[O][Sn]([CH2]c1c(F)c(F)cc(F)c1F)([CH2]c1c(F)c(F)cc(F)c1F)[O]C(C)=O. The fourth-order valence-corrected chi connectivity index (χ4v) is 12.0. The molecular formula is C18H12F8O4Sn. The molecule has 0 aliphatic carbocycles. The van der Waals surface area contributed by atoms with Gasteiger partial charge in [0.1, 0.15) is 0 Å². The van der Waals surface area contributed by atoms with Gasteiger partial charge >= 0.3 is 175 Å². The number of hydrogen-bond donors (Lipinski definition) is 0. The minimum atomic E-state index is -5.92. The Morgan fingerprint density at radius 3 is 1.13 bits per heavy atom. The van der Waals surface area contributed by atoms with Crippen LogP contribution >= 0.6 is 0 Å². The number of carbonyl (C=O) groups excluding carboxylic acids is 2. The van der Waals surface area contributed by atoms with Gasteiger partial charge < -0.3 is 0 Å². The van der Waals surface area contributed by atoms with Gasteiger partial charge in [0, 0.05) is 0 Å². The van der Waals surface area contributed by atoms with Gasteiger partial charge in [-0.15, -0.1) is 0 Å². The van der Waals surface area contributed by atoms with Crippen LogP contribution in [-0.4, -0.2) is 31.1 Å². The summed E-state index contributed by atoms with van der Waals surface area (Å²) >= 11 is -5.92. The first-order valence-electron chi connectivity index (χ1n) is 8.31. The molecule has 0 radical (unpaired) electrons. The fourth-order valence-electron chi connectivity index (χ4n) is 2.85. The molecule has 31 heavy (non-hydrogen) atoms. The molecule has 0 aliphatic heterocycles. The van der Waals surface area contributed by atoms with Crippen molar-refractivity contribution in [1.29, 1.82) is 0 Å². The molecule has 0 N–H and O–H groups in total. The molecule has 0 saturated carbocycles. The summed E-state index contributed by atoms with van der Waals surface area (Å²) < 4.78 is 118. The number of rotatable bonds is 6. The predicted octanol–water partition coefficient (Wildman–Crippen LogP) is 4.23. The Kier molecular flexibility index (Phi) is 7.55.